The first-order valence-corrected chi connectivity index (χ1v) is 3.01. The minimum absolute atomic E-state index is 0.0691. The van der Waals surface area contributed by atoms with Gasteiger partial charge in [-0.3, -0.25) is 4.79 Å². The van der Waals surface area contributed by atoms with Crippen LogP contribution in [0.2, 0.25) is 0 Å². The highest BCUT2D eigenvalue weighted by Gasteiger charge is 2.27. The monoisotopic (exact) mass is 151 g/mol. The molecule has 54 valence electrons. The number of rotatable bonds is 2. The van der Waals surface area contributed by atoms with Crippen molar-refractivity contribution in [3.05, 3.63) is 0 Å². The van der Waals surface area contributed by atoms with Crippen molar-refractivity contribution >= 4 is 17.6 Å². The predicted molar refractivity (Wildman–Crippen MR) is 35.3 cm³/mol. The van der Waals surface area contributed by atoms with Crippen LogP contribution in [0.25, 0.3) is 0 Å². The largest absolute Gasteiger partial charge is 0.468 e. The summed E-state index contributed by atoms with van der Waals surface area (Å²) in [6.07, 6.45) is 0. The minimum atomic E-state index is -1.05. The number of ether oxygens (including phenoxy) is 1. The van der Waals surface area contributed by atoms with E-state index in [1.807, 2.05) is 0 Å². The van der Waals surface area contributed by atoms with Crippen LogP contribution in [0.3, 0.4) is 0 Å². The summed E-state index contributed by atoms with van der Waals surface area (Å²) in [6, 6.07) is 0. The lowest BCUT2D eigenvalue weighted by atomic mass is 10.1. The van der Waals surface area contributed by atoms with Crippen molar-refractivity contribution in [2.45, 2.75) is 12.5 Å². The number of halogens is 1. The number of esters is 1. The second-order valence-electron chi connectivity index (χ2n) is 2.04. The zero-order chi connectivity index (χ0) is 7.49. The van der Waals surface area contributed by atoms with Gasteiger partial charge < -0.3 is 10.5 Å². The Kier molecular flexibility index (Phi) is 2.94. The van der Waals surface area contributed by atoms with Crippen molar-refractivity contribution in [2.75, 3.05) is 13.0 Å². The van der Waals surface area contributed by atoms with Crippen LogP contribution in [0.1, 0.15) is 6.92 Å². The summed E-state index contributed by atoms with van der Waals surface area (Å²) in [7, 11) is 1.28. The van der Waals surface area contributed by atoms with E-state index in [2.05, 4.69) is 4.74 Å². The lowest BCUT2D eigenvalue weighted by Gasteiger charge is -2.16. The van der Waals surface area contributed by atoms with Gasteiger partial charge in [-0.25, -0.2) is 0 Å². The second-order valence-corrected chi connectivity index (χ2v) is 2.31. The molecule has 0 amide bonds. The van der Waals surface area contributed by atoms with Crippen LogP contribution in [0.15, 0.2) is 0 Å². The van der Waals surface area contributed by atoms with E-state index in [1.165, 1.54) is 14.0 Å². The number of hydrogen-bond donors (Lipinski definition) is 1. The maximum absolute atomic E-state index is 10.6. The van der Waals surface area contributed by atoms with Crippen molar-refractivity contribution in [1.82, 2.24) is 0 Å². The van der Waals surface area contributed by atoms with E-state index < -0.39 is 11.5 Å². The Labute approximate surface area is 59.1 Å². The molecule has 0 aliphatic heterocycles. The highest BCUT2D eigenvalue weighted by atomic mass is 35.5. The highest BCUT2D eigenvalue weighted by molar-refractivity contribution is 6.20. The molecule has 0 radical (unpaired) electrons. The van der Waals surface area contributed by atoms with Crippen molar-refractivity contribution < 1.29 is 9.53 Å². The van der Waals surface area contributed by atoms with Crippen molar-refractivity contribution in [3.63, 3.8) is 0 Å². The summed E-state index contributed by atoms with van der Waals surface area (Å²) in [6.45, 7) is 1.52. The summed E-state index contributed by atoms with van der Waals surface area (Å²) in [5, 5.41) is 0. The van der Waals surface area contributed by atoms with E-state index in [0.717, 1.165) is 0 Å². The Balaban J connectivity index is 3.97. The molecular formula is C5H10ClNO2. The molecule has 1 atom stereocenters. The number of carbonyl (C=O) groups is 1. The van der Waals surface area contributed by atoms with Gasteiger partial charge in [0.1, 0.15) is 5.54 Å². The minimum Gasteiger partial charge on any atom is -0.468 e. The van der Waals surface area contributed by atoms with E-state index >= 15 is 0 Å². The molecule has 0 aromatic heterocycles. The average molecular weight is 152 g/mol. The van der Waals surface area contributed by atoms with Crippen molar-refractivity contribution in [3.8, 4) is 0 Å². The van der Waals surface area contributed by atoms with Crippen LogP contribution in [0, 0.1) is 0 Å². The Bertz CT molecular complexity index is 114. The predicted octanol–water partition coefficient (Wildman–Crippen LogP) is 0.116. The Morgan fingerprint density at radius 3 is 2.44 bits per heavy atom. The first kappa shape index (κ1) is 8.72. The van der Waals surface area contributed by atoms with Gasteiger partial charge in [0.25, 0.3) is 0 Å². The molecule has 0 fully saturated rings. The number of methoxy groups -OCH3 is 1. The zero-order valence-corrected chi connectivity index (χ0v) is 6.23. The SMILES string of the molecule is COC(=O)C(C)(N)CCl. The van der Waals surface area contributed by atoms with E-state index in [-0.39, 0.29) is 5.88 Å². The third-order valence-electron chi connectivity index (χ3n) is 0.929. The summed E-state index contributed by atoms with van der Waals surface area (Å²) in [5.74, 6) is -0.419. The molecule has 9 heavy (non-hydrogen) atoms. The molecule has 0 aliphatic carbocycles. The number of alkyl halides is 1. The Hall–Kier alpha value is -0.280. The zero-order valence-electron chi connectivity index (χ0n) is 5.48. The van der Waals surface area contributed by atoms with Crippen LogP contribution in [0.4, 0.5) is 0 Å². The molecule has 0 saturated heterocycles. The van der Waals surface area contributed by atoms with Crippen LogP contribution >= 0.6 is 11.6 Å². The molecule has 0 aliphatic rings. The summed E-state index contributed by atoms with van der Waals surface area (Å²) in [5.41, 5.74) is 4.32. The lowest BCUT2D eigenvalue weighted by molar-refractivity contribution is -0.145. The first-order valence-electron chi connectivity index (χ1n) is 2.48. The fourth-order valence-electron chi connectivity index (χ4n) is 0.288. The second kappa shape index (κ2) is 3.03. The molecule has 3 nitrogen and oxygen atoms in total. The van der Waals surface area contributed by atoms with Gasteiger partial charge in [-0.15, -0.1) is 11.6 Å². The molecule has 0 rings (SSSR count). The van der Waals surface area contributed by atoms with Crippen LogP contribution in [-0.2, 0) is 9.53 Å². The molecule has 2 N–H and O–H groups in total. The third-order valence-corrected chi connectivity index (χ3v) is 1.48. The van der Waals surface area contributed by atoms with Crippen molar-refractivity contribution in [1.29, 1.82) is 0 Å². The van der Waals surface area contributed by atoms with E-state index in [0.29, 0.717) is 0 Å². The standard InChI is InChI=1S/C5H10ClNO2/c1-5(7,3-6)4(8)9-2/h3,7H2,1-2H3. The molecule has 0 bridgehead atoms. The molecular weight excluding hydrogens is 142 g/mol. The molecule has 0 aromatic rings. The van der Waals surface area contributed by atoms with Gasteiger partial charge in [0.05, 0.1) is 13.0 Å². The fraction of sp³-hybridized carbons (Fsp3) is 0.800. The molecule has 0 aromatic carbocycles. The van der Waals surface area contributed by atoms with E-state index in [4.69, 9.17) is 17.3 Å². The van der Waals surface area contributed by atoms with Gasteiger partial charge >= 0.3 is 5.97 Å². The quantitative estimate of drug-likeness (QED) is 0.451. The normalized spacial score (nSPS) is 16.4. The number of carbonyl (C=O) groups excluding carboxylic acids is 1. The van der Waals surface area contributed by atoms with E-state index in [9.17, 15) is 4.79 Å². The highest BCUT2D eigenvalue weighted by Crippen LogP contribution is 2.02. The topological polar surface area (TPSA) is 52.3 Å². The van der Waals surface area contributed by atoms with Gasteiger partial charge in [-0.05, 0) is 6.92 Å². The maximum atomic E-state index is 10.6. The summed E-state index contributed by atoms with van der Waals surface area (Å²) in [4.78, 5) is 10.6. The number of hydrogen-bond acceptors (Lipinski definition) is 3. The lowest BCUT2D eigenvalue weighted by Crippen LogP contribution is -2.47. The first-order chi connectivity index (χ1) is 4.04. The average Bonchev–Trinajstić information content (AvgIpc) is 1.86. The fourth-order valence-corrected chi connectivity index (χ4v) is 0.397. The van der Waals surface area contributed by atoms with Gasteiger partial charge in [-0.1, -0.05) is 0 Å². The smallest absolute Gasteiger partial charge is 0.326 e. The van der Waals surface area contributed by atoms with Crippen molar-refractivity contribution in [2.24, 2.45) is 5.73 Å². The van der Waals surface area contributed by atoms with Gasteiger partial charge in [0.2, 0.25) is 0 Å². The molecule has 4 heteroatoms. The number of nitrogens with two attached hydrogens (primary N) is 1. The van der Waals surface area contributed by atoms with Gasteiger partial charge in [-0.2, -0.15) is 0 Å². The Morgan fingerprint density at radius 1 is 1.89 bits per heavy atom. The Morgan fingerprint density at radius 2 is 2.33 bits per heavy atom. The van der Waals surface area contributed by atoms with Crippen LogP contribution < -0.4 is 5.73 Å². The molecule has 0 saturated carbocycles. The molecule has 0 spiro atoms. The summed E-state index contributed by atoms with van der Waals surface area (Å²) >= 11 is 5.34. The van der Waals surface area contributed by atoms with Gasteiger partial charge in [0.15, 0.2) is 0 Å². The molecule has 1 unspecified atom stereocenters. The molecule has 0 heterocycles. The maximum Gasteiger partial charge on any atom is 0.326 e. The summed E-state index contributed by atoms with van der Waals surface area (Å²) < 4.78 is 4.36. The van der Waals surface area contributed by atoms with Crippen LogP contribution in [-0.4, -0.2) is 24.5 Å². The third kappa shape index (κ3) is 2.20. The van der Waals surface area contributed by atoms with Gasteiger partial charge in [0, 0.05) is 0 Å². The van der Waals surface area contributed by atoms with Crippen LogP contribution in [0.5, 0.6) is 0 Å². The van der Waals surface area contributed by atoms with E-state index in [1.54, 1.807) is 0 Å².